The third-order valence-electron chi connectivity index (χ3n) is 2.99. The molecule has 110 valence electrons. The van der Waals surface area contributed by atoms with E-state index in [0.717, 1.165) is 11.3 Å². The maximum absolute atomic E-state index is 11.8. The topological polar surface area (TPSA) is 51.5 Å². The molecule has 1 unspecified atom stereocenters. The van der Waals surface area contributed by atoms with Crippen molar-refractivity contribution in [1.82, 2.24) is 5.32 Å². The Morgan fingerprint density at radius 3 is 2.71 bits per heavy atom. The Bertz CT molecular complexity index is 585. The molecule has 0 aliphatic rings. The number of hydrogen-bond acceptors (Lipinski definition) is 3. The van der Waals surface area contributed by atoms with Crippen molar-refractivity contribution in [3.05, 3.63) is 60.1 Å². The molecule has 0 saturated heterocycles. The van der Waals surface area contributed by atoms with Gasteiger partial charge in [0.05, 0.1) is 18.9 Å². The third kappa shape index (κ3) is 4.53. The first-order valence-electron chi connectivity index (χ1n) is 6.94. The SMILES string of the molecule is CCOc1ccc(C(C)NC(=O)/C=C/c2ccco2)cc1. The van der Waals surface area contributed by atoms with Crippen LogP contribution < -0.4 is 10.1 Å². The minimum absolute atomic E-state index is 0.0746. The summed E-state index contributed by atoms with van der Waals surface area (Å²) in [6.07, 6.45) is 4.67. The number of ether oxygens (including phenoxy) is 1. The van der Waals surface area contributed by atoms with E-state index in [9.17, 15) is 4.79 Å². The zero-order valence-electron chi connectivity index (χ0n) is 12.2. The van der Waals surface area contributed by atoms with Gasteiger partial charge in [-0.2, -0.15) is 0 Å². The first-order chi connectivity index (χ1) is 10.2. The Balaban J connectivity index is 1.91. The third-order valence-corrected chi connectivity index (χ3v) is 2.99. The lowest BCUT2D eigenvalue weighted by molar-refractivity contribution is -0.117. The molecule has 4 heteroatoms. The normalized spacial score (nSPS) is 12.3. The first kappa shape index (κ1) is 14.9. The highest BCUT2D eigenvalue weighted by Crippen LogP contribution is 2.17. The van der Waals surface area contributed by atoms with Crippen molar-refractivity contribution in [2.24, 2.45) is 0 Å². The molecule has 1 N–H and O–H groups in total. The van der Waals surface area contributed by atoms with Crippen LogP contribution in [0.15, 0.2) is 53.2 Å². The first-order valence-corrected chi connectivity index (χ1v) is 6.94. The van der Waals surface area contributed by atoms with Crippen molar-refractivity contribution in [3.8, 4) is 5.75 Å². The van der Waals surface area contributed by atoms with Gasteiger partial charge in [0.2, 0.25) is 5.91 Å². The predicted octanol–water partition coefficient (Wildman–Crippen LogP) is 3.57. The van der Waals surface area contributed by atoms with Gasteiger partial charge in [-0.05, 0) is 49.8 Å². The second kappa shape index (κ2) is 7.33. The molecule has 0 saturated carbocycles. The van der Waals surface area contributed by atoms with Crippen LogP contribution in [0.2, 0.25) is 0 Å². The molecule has 21 heavy (non-hydrogen) atoms. The lowest BCUT2D eigenvalue weighted by Crippen LogP contribution is -2.24. The Morgan fingerprint density at radius 1 is 1.33 bits per heavy atom. The highest BCUT2D eigenvalue weighted by atomic mass is 16.5. The zero-order valence-corrected chi connectivity index (χ0v) is 12.2. The van der Waals surface area contributed by atoms with Gasteiger partial charge in [-0.1, -0.05) is 12.1 Å². The van der Waals surface area contributed by atoms with Gasteiger partial charge in [0.25, 0.3) is 0 Å². The number of amides is 1. The molecule has 2 rings (SSSR count). The highest BCUT2D eigenvalue weighted by molar-refractivity contribution is 5.91. The molecule has 0 radical (unpaired) electrons. The molecule has 2 aromatic rings. The van der Waals surface area contributed by atoms with Gasteiger partial charge in [0.1, 0.15) is 11.5 Å². The summed E-state index contributed by atoms with van der Waals surface area (Å²) in [5, 5.41) is 2.90. The van der Waals surface area contributed by atoms with E-state index >= 15 is 0 Å². The molecular weight excluding hydrogens is 266 g/mol. The highest BCUT2D eigenvalue weighted by Gasteiger charge is 2.07. The van der Waals surface area contributed by atoms with Gasteiger partial charge in [-0.15, -0.1) is 0 Å². The standard InChI is InChI=1S/C17H19NO3/c1-3-20-16-8-6-14(7-9-16)13(2)18-17(19)11-10-15-5-4-12-21-15/h4-13H,3H2,1-2H3,(H,18,19)/b11-10+. The molecule has 1 aromatic heterocycles. The molecule has 1 heterocycles. The van der Waals surface area contributed by atoms with Crippen LogP contribution in [0.5, 0.6) is 5.75 Å². The van der Waals surface area contributed by atoms with Gasteiger partial charge in [0, 0.05) is 6.08 Å². The van der Waals surface area contributed by atoms with Crippen LogP contribution in [0, 0.1) is 0 Å². The lowest BCUT2D eigenvalue weighted by atomic mass is 10.1. The number of rotatable bonds is 6. The van der Waals surface area contributed by atoms with Crippen molar-refractivity contribution in [1.29, 1.82) is 0 Å². The number of carbonyl (C=O) groups excluding carboxylic acids is 1. The van der Waals surface area contributed by atoms with Crippen LogP contribution in [-0.2, 0) is 4.79 Å². The van der Waals surface area contributed by atoms with Gasteiger partial charge in [-0.3, -0.25) is 4.79 Å². The monoisotopic (exact) mass is 285 g/mol. The van der Waals surface area contributed by atoms with E-state index in [1.54, 1.807) is 24.5 Å². The molecule has 4 nitrogen and oxygen atoms in total. The van der Waals surface area contributed by atoms with E-state index in [0.29, 0.717) is 12.4 Å². The lowest BCUT2D eigenvalue weighted by Gasteiger charge is -2.13. The maximum atomic E-state index is 11.8. The van der Waals surface area contributed by atoms with Crippen LogP contribution in [0.3, 0.4) is 0 Å². The Kier molecular flexibility index (Phi) is 5.21. The van der Waals surface area contributed by atoms with Crippen LogP contribution >= 0.6 is 0 Å². The van der Waals surface area contributed by atoms with E-state index in [1.807, 2.05) is 38.1 Å². The minimum Gasteiger partial charge on any atom is -0.494 e. The van der Waals surface area contributed by atoms with Gasteiger partial charge in [-0.25, -0.2) is 0 Å². The largest absolute Gasteiger partial charge is 0.494 e. The summed E-state index contributed by atoms with van der Waals surface area (Å²) in [7, 11) is 0. The molecule has 1 amide bonds. The van der Waals surface area contributed by atoms with Crippen molar-refractivity contribution in [2.45, 2.75) is 19.9 Å². The Hall–Kier alpha value is -2.49. The summed E-state index contributed by atoms with van der Waals surface area (Å²) in [5.74, 6) is 1.32. The smallest absolute Gasteiger partial charge is 0.244 e. The van der Waals surface area contributed by atoms with E-state index in [1.165, 1.54) is 6.08 Å². The molecule has 0 fully saturated rings. The second-order valence-electron chi connectivity index (χ2n) is 4.58. The van der Waals surface area contributed by atoms with Crippen molar-refractivity contribution in [2.75, 3.05) is 6.61 Å². The van der Waals surface area contributed by atoms with Crippen molar-refractivity contribution >= 4 is 12.0 Å². The van der Waals surface area contributed by atoms with Crippen molar-refractivity contribution in [3.63, 3.8) is 0 Å². The van der Waals surface area contributed by atoms with E-state index < -0.39 is 0 Å². The Morgan fingerprint density at radius 2 is 2.10 bits per heavy atom. The molecule has 0 bridgehead atoms. The average molecular weight is 285 g/mol. The molecule has 0 aliphatic carbocycles. The van der Waals surface area contributed by atoms with E-state index in [4.69, 9.17) is 9.15 Å². The number of hydrogen-bond donors (Lipinski definition) is 1. The minimum atomic E-state index is -0.159. The molecule has 0 spiro atoms. The summed E-state index contributed by atoms with van der Waals surface area (Å²) < 4.78 is 10.5. The summed E-state index contributed by atoms with van der Waals surface area (Å²) in [4.78, 5) is 11.8. The summed E-state index contributed by atoms with van der Waals surface area (Å²) in [6.45, 7) is 4.53. The predicted molar refractivity (Wildman–Crippen MR) is 81.9 cm³/mol. The molecule has 0 aliphatic heterocycles. The van der Waals surface area contributed by atoms with Gasteiger partial charge in [0.15, 0.2) is 0 Å². The summed E-state index contributed by atoms with van der Waals surface area (Å²) in [6, 6.07) is 11.2. The van der Waals surface area contributed by atoms with Crippen LogP contribution in [-0.4, -0.2) is 12.5 Å². The van der Waals surface area contributed by atoms with E-state index in [2.05, 4.69) is 5.32 Å². The summed E-state index contributed by atoms with van der Waals surface area (Å²) >= 11 is 0. The van der Waals surface area contributed by atoms with Crippen molar-refractivity contribution < 1.29 is 13.9 Å². The fourth-order valence-electron chi connectivity index (χ4n) is 1.91. The maximum Gasteiger partial charge on any atom is 0.244 e. The number of furan rings is 1. The second-order valence-corrected chi connectivity index (χ2v) is 4.58. The van der Waals surface area contributed by atoms with Crippen LogP contribution in [0.25, 0.3) is 6.08 Å². The average Bonchev–Trinajstić information content (AvgIpc) is 2.99. The zero-order chi connectivity index (χ0) is 15.1. The summed E-state index contributed by atoms with van der Waals surface area (Å²) in [5.41, 5.74) is 1.03. The van der Waals surface area contributed by atoms with Crippen LogP contribution in [0.4, 0.5) is 0 Å². The number of nitrogens with one attached hydrogen (secondary N) is 1. The Labute approximate surface area is 124 Å². The van der Waals surface area contributed by atoms with Crippen LogP contribution in [0.1, 0.15) is 31.2 Å². The molecular formula is C17H19NO3. The molecule has 1 aromatic carbocycles. The molecule has 1 atom stereocenters. The van der Waals surface area contributed by atoms with Gasteiger partial charge < -0.3 is 14.5 Å². The fourth-order valence-corrected chi connectivity index (χ4v) is 1.91. The number of benzene rings is 1. The fraction of sp³-hybridized carbons (Fsp3) is 0.235. The van der Waals surface area contributed by atoms with Gasteiger partial charge >= 0.3 is 0 Å². The van der Waals surface area contributed by atoms with E-state index in [-0.39, 0.29) is 11.9 Å². The quantitative estimate of drug-likeness (QED) is 0.825. The number of carbonyl (C=O) groups is 1.